The summed E-state index contributed by atoms with van der Waals surface area (Å²) in [5.74, 6) is 0.0690. The second-order valence-electron chi connectivity index (χ2n) is 6.81. The molecule has 23 heavy (non-hydrogen) atoms. The third-order valence-corrected chi connectivity index (χ3v) is 5.26. The fraction of sp³-hybridized carbons (Fsp3) is 0.688. The first-order valence-corrected chi connectivity index (χ1v) is 9.88. The zero-order valence-corrected chi connectivity index (χ0v) is 15.2. The Labute approximate surface area is 139 Å². The normalized spacial score (nSPS) is 15.4. The van der Waals surface area contributed by atoms with Crippen LogP contribution in [-0.2, 0) is 28.4 Å². The maximum absolute atomic E-state index is 12.7. The Kier molecular flexibility index (Phi) is 5.52. The van der Waals surface area contributed by atoms with Gasteiger partial charge in [0, 0.05) is 31.5 Å². The lowest BCUT2D eigenvalue weighted by Gasteiger charge is -2.27. The lowest BCUT2D eigenvalue weighted by atomic mass is 10.2. The minimum Gasteiger partial charge on any atom is -0.353 e. The summed E-state index contributed by atoms with van der Waals surface area (Å²) in [4.78, 5) is 14.5. The number of hydrogen-bond donors (Lipinski definition) is 0. The molecule has 1 fully saturated rings. The zero-order chi connectivity index (χ0) is 17.2. The second kappa shape index (κ2) is 7.05. The lowest BCUT2D eigenvalue weighted by molar-refractivity contribution is -0.132. The van der Waals surface area contributed by atoms with Gasteiger partial charge < -0.3 is 9.47 Å². The first kappa shape index (κ1) is 18.0. The predicted octanol–water partition coefficient (Wildman–Crippen LogP) is 1.43. The van der Waals surface area contributed by atoms with Crippen LogP contribution in [0.2, 0.25) is 0 Å². The molecule has 0 aromatic carbocycles. The standard InChI is InChI=1S/C16H27N3O3S/c1-13(2)10-18(23(4,21)22)12-16(20)19(14-7-8-14)11-15-6-5-9-17(15)3/h5-6,9,13-14H,7-8,10-12H2,1-4H3. The fourth-order valence-corrected chi connectivity index (χ4v) is 3.52. The molecule has 1 aliphatic carbocycles. The van der Waals surface area contributed by atoms with E-state index in [0.29, 0.717) is 13.1 Å². The number of aromatic nitrogens is 1. The van der Waals surface area contributed by atoms with Gasteiger partial charge in [-0.3, -0.25) is 4.79 Å². The Bertz CT molecular complexity index is 647. The number of rotatable bonds is 8. The summed E-state index contributed by atoms with van der Waals surface area (Å²) in [5.41, 5.74) is 1.06. The van der Waals surface area contributed by atoms with Crippen molar-refractivity contribution < 1.29 is 13.2 Å². The molecule has 1 aromatic heterocycles. The van der Waals surface area contributed by atoms with Crippen LogP contribution < -0.4 is 0 Å². The van der Waals surface area contributed by atoms with Gasteiger partial charge in [-0.25, -0.2) is 8.42 Å². The van der Waals surface area contributed by atoms with Crippen molar-refractivity contribution in [1.29, 1.82) is 0 Å². The largest absolute Gasteiger partial charge is 0.353 e. The summed E-state index contributed by atoms with van der Waals surface area (Å²) in [7, 11) is -1.43. The molecule has 7 heteroatoms. The Balaban J connectivity index is 2.09. The molecule has 0 bridgehead atoms. The van der Waals surface area contributed by atoms with Crippen molar-refractivity contribution in [3.8, 4) is 0 Å². The van der Waals surface area contributed by atoms with Gasteiger partial charge in [0.05, 0.1) is 19.3 Å². The van der Waals surface area contributed by atoms with E-state index in [1.807, 2.05) is 48.7 Å². The zero-order valence-electron chi connectivity index (χ0n) is 14.4. The van der Waals surface area contributed by atoms with E-state index in [2.05, 4.69) is 0 Å². The van der Waals surface area contributed by atoms with Gasteiger partial charge in [-0.05, 0) is 30.9 Å². The molecule has 1 saturated carbocycles. The molecule has 6 nitrogen and oxygen atoms in total. The third-order valence-electron chi connectivity index (χ3n) is 4.04. The molecule has 0 unspecified atom stereocenters. The van der Waals surface area contributed by atoms with Crippen LogP contribution in [0.5, 0.6) is 0 Å². The number of carbonyl (C=O) groups excluding carboxylic acids is 1. The average molecular weight is 341 g/mol. The van der Waals surface area contributed by atoms with Crippen LogP contribution in [0.25, 0.3) is 0 Å². The van der Waals surface area contributed by atoms with Crippen LogP contribution in [-0.4, -0.2) is 53.5 Å². The molecule has 0 saturated heterocycles. The summed E-state index contributed by atoms with van der Waals surface area (Å²) < 4.78 is 27.1. The molecule has 0 radical (unpaired) electrons. The number of aryl methyl sites for hydroxylation is 1. The summed E-state index contributed by atoms with van der Waals surface area (Å²) in [6.07, 6.45) is 5.12. The van der Waals surface area contributed by atoms with Crippen molar-refractivity contribution in [3.05, 3.63) is 24.0 Å². The number of nitrogens with zero attached hydrogens (tertiary/aromatic N) is 3. The Morgan fingerprint density at radius 2 is 2.04 bits per heavy atom. The van der Waals surface area contributed by atoms with Gasteiger partial charge in [-0.1, -0.05) is 13.8 Å². The number of amides is 1. The molecule has 0 spiro atoms. The minimum atomic E-state index is -3.38. The quantitative estimate of drug-likeness (QED) is 0.719. The second-order valence-corrected chi connectivity index (χ2v) is 8.80. The van der Waals surface area contributed by atoms with Gasteiger partial charge in [0.1, 0.15) is 0 Å². The fourth-order valence-electron chi connectivity index (χ4n) is 2.61. The van der Waals surface area contributed by atoms with Crippen molar-refractivity contribution in [3.63, 3.8) is 0 Å². The smallest absolute Gasteiger partial charge is 0.238 e. The number of carbonyl (C=O) groups is 1. The van der Waals surface area contributed by atoms with Crippen LogP contribution >= 0.6 is 0 Å². The predicted molar refractivity (Wildman–Crippen MR) is 90.2 cm³/mol. The van der Waals surface area contributed by atoms with Gasteiger partial charge in [0.25, 0.3) is 0 Å². The molecular formula is C16H27N3O3S. The third kappa shape index (κ3) is 5.07. The van der Waals surface area contributed by atoms with Crippen LogP contribution in [0.3, 0.4) is 0 Å². The Morgan fingerprint density at radius 1 is 1.39 bits per heavy atom. The van der Waals surface area contributed by atoms with Crippen molar-refractivity contribution >= 4 is 15.9 Å². The molecule has 1 amide bonds. The van der Waals surface area contributed by atoms with Crippen molar-refractivity contribution in [2.45, 2.75) is 39.3 Å². The monoisotopic (exact) mass is 341 g/mol. The van der Waals surface area contributed by atoms with Crippen LogP contribution in [0.15, 0.2) is 18.3 Å². The highest BCUT2D eigenvalue weighted by molar-refractivity contribution is 7.88. The summed E-state index contributed by atoms with van der Waals surface area (Å²) in [6.45, 7) is 4.73. The lowest BCUT2D eigenvalue weighted by Crippen LogP contribution is -2.44. The molecule has 0 aliphatic heterocycles. The molecule has 0 N–H and O–H groups in total. The molecular weight excluding hydrogens is 314 g/mol. The molecule has 2 rings (SSSR count). The molecule has 1 aromatic rings. The van der Waals surface area contributed by atoms with E-state index >= 15 is 0 Å². The van der Waals surface area contributed by atoms with Crippen molar-refractivity contribution in [2.75, 3.05) is 19.3 Å². The van der Waals surface area contributed by atoms with Gasteiger partial charge in [-0.2, -0.15) is 4.31 Å². The Morgan fingerprint density at radius 3 is 2.48 bits per heavy atom. The number of hydrogen-bond acceptors (Lipinski definition) is 3. The van der Waals surface area contributed by atoms with Gasteiger partial charge >= 0.3 is 0 Å². The van der Waals surface area contributed by atoms with E-state index in [-0.39, 0.29) is 24.4 Å². The van der Waals surface area contributed by atoms with Gasteiger partial charge in [0.15, 0.2) is 0 Å². The highest BCUT2D eigenvalue weighted by Crippen LogP contribution is 2.28. The van der Waals surface area contributed by atoms with Gasteiger partial charge in [0.2, 0.25) is 15.9 Å². The van der Waals surface area contributed by atoms with Crippen molar-refractivity contribution in [2.24, 2.45) is 13.0 Å². The summed E-state index contributed by atoms with van der Waals surface area (Å²) in [6, 6.07) is 4.19. The maximum Gasteiger partial charge on any atom is 0.238 e. The van der Waals surface area contributed by atoms with E-state index in [9.17, 15) is 13.2 Å². The van der Waals surface area contributed by atoms with Crippen molar-refractivity contribution in [1.82, 2.24) is 13.8 Å². The number of sulfonamides is 1. The Hall–Kier alpha value is -1.34. The molecule has 1 heterocycles. The molecule has 1 aliphatic rings. The first-order valence-electron chi connectivity index (χ1n) is 8.03. The highest BCUT2D eigenvalue weighted by Gasteiger charge is 2.34. The topological polar surface area (TPSA) is 62.6 Å². The molecule has 130 valence electrons. The van der Waals surface area contributed by atoms with Crippen LogP contribution in [0.1, 0.15) is 32.4 Å². The summed E-state index contributed by atoms with van der Waals surface area (Å²) >= 11 is 0. The van der Waals surface area contributed by atoms with E-state index < -0.39 is 10.0 Å². The molecule has 0 atom stereocenters. The minimum absolute atomic E-state index is 0.0715. The van der Waals surface area contributed by atoms with Crippen LogP contribution in [0.4, 0.5) is 0 Å². The maximum atomic E-state index is 12.7. The van der Waals surface area contributed by atoms with Crippen LogP contribution in [0, 0.1) is 5.92 Å². The van der Waals surface area contributed by atoms with E-state index in [1.165, 1.54) is 10.6 Å². The van der Waals surface area contributed by atoms with Gasteiger partial charge in [-0.15, -0.1) is 0 Å². The van der Waals surface area contributed by atoms with E-state index in [0.717, 1.165) is 18.5 Å². The SMILES string of the molecule is CC(C)CN(CC(=O)N(Cc1cccn1C)C1CC1)S(C)(=O)=O. The highest BCUT2D eigenvalue weighted by atomic mass is 32.2. The van der Waals surface area contributed by atoms with E-state index in [4.69, 9.17) is 0 Å². The average Bonchev–Trinajstić information content (AvgIpc) is 3.17. The summed E-state index contributed by atoms with van der Waals surface area (Å²) in [5, 5.41) is 0. The first-order chi connectivity index (χ1) is 10.7. The van der Waals surface area contributed by atoms with E-state index in [1.54, 1.807) is 0 Å².